The summed E-state index contributed by atoms with van der Waals surface area (Å²) in [5.41, 5.74) is 6.86. The van der Waals surface area contributed by atoms with Crippen molar-refractivity contribution in [1.82, 2.24) is 4.90 Å². The van der Waals surface area contributed by atoms with E-state index in [2.05, 4.69) is 0 Å². The number of halogens is 1. The summed E-state index contributed by atoms with van der Waals surface area (Å²) in [6.07, 6.45) is 3.48. The van der Waals surface area contributed by atoms with Gasteiger partial charge in [-0.05, 0) is 49.8 Å². The van der Waals surface area contributed by atoms with Crippen LogP contribution in [0.3, 0.4) is 0 Å². The van der Waals surface area contributed by atoms with Crippen LogP contribution in [0.4, 0.5) is 0 Å². The van der Waals surface area contributed by atoms with E-state index in [1.165, 1.54) is 0 Å². The fourth-order valence-electron chi connectivity index (χ4n) is 3.27. The number of nitrogens with two attached hydrogens (primary N) is 1. The zero-order chi connectivity index (χ0) is 15.7. The zero-order valence-corrected chi connectivity index (χ0v) is 13.9. The highest BCUT2D eigenvalue weighted by Gasteiger charge is 2.38. The Kier molecular flexibility index (Phi) is 5.89. The number of hydrogen-bond donors (Lipinski definition) is 3. The van der Waals surface area contributed by atoms with Crippen LogP contribution in [0.2, 0.25) is 0 Å². The first-order valence-electron chi connectivity index (χ1n) is 8.06. The van der Waals surface area contributed by atoms with E-state index in [9.17, 15) is 15.0 Å². The smallest absolute Gasteiger partial charge is 0.226 e. The molecule has 2 fully saturated rings. The maximum atomic E-state index is 12.8. The maximum Gasteiger partial charge on any atom is 0.226 e. The highest BCUT2D eigenvalue weighted by Crippen LogP contribution is 2.33. The predicted octanol–water partition coefficient (Wildman–Crippen LogP) is 1.79. The molecule has 4 N–H and O–H groups in total. The summed E-state index contributed by atoms with van der Waals surface area (Å²) in [4.78, 5) is 14.8. The standard InChI is InChI=1S/C17H24N2O3.ClH/c18-15-9-12(4-7-16(15)21)17(22)19(13-5-6-13)10-11-2-1-3-14(20)8-11;/h1-3,8,12-13,15-16,20-21H,4-7,9-10,18H2;1H/t12-,15+,16+;/m0./s1. The van der Waals surface area contributed by atoms with Gasteiger partial charge in [-0.3, -0.25) is 4.79 Å². The number of carbonyl (C=O) groups is 1. The summed E-state index contributed by atoms with van der Waals surface area (Å²) < 4.78 is 0. The number of nitrogens with zero attached hydrogens (tertiary/aromatic N) is 1. The molecule has 0 unspecified atom stereocenters. The van der Waals surface area contributed by atoms with Gasteiger partial charge >= 0.3 is 0 Å². The number of aliphatic hydroxyl groups is 1. The molecule has 0 saturated heterocycles. The Labute approximate surface area is 142 Å². The fourth-order valence-corrected chi connectivity index (χ4v) is 3.27. The van der Waals surface area contributed by atoms with Crippen molar-refractivity contribution in [2.24, 2.45) is 11.7 Å². The Bertz CT molecular complexity index is 550. The number of amides is 1. The van der Waals surface area contributed by atoms with Crippen LogP contribution in [0.25, 0.3) is 0 Å². The van der Waals surface area contributed by atoms with Crippen LogP contribution >= 0.6 is 12.4 Å². The Morgan fingerprint density at radius 2 is 2.00 bits per heavy atom. The van der Waals surface area contributed by atoms with Crippen LogP contribution in [0.15, 0.2) is 24.3 Å². The second-order valence-corrected chi connectivity index (χ2v) is 6.61. The van der Waals surface area contributed by atoms with Crippen molar-refractivity contribution >= 4 is 18.3 Å². The van der Waals surface area contributed by atoms with Crippen molar-refractivity contribution in [3.05, 3.63) is 29.8 Å². The molecule has 0 aromatic heterocycles. The second kappa shape index (κ2) is 7.51. The summed E-state index contributed by atoms with van der Waals surface area (Å²) in [6, 6.07) is 7.08. The van der Waals surface area contributed by atoms with Crippen molar-refractivity contribution in [2.75, 3.05) is 0 Å². The molecule has 3 rings (SSSR count). The molecule has 128 valence electrons. The number of carbonyl (C=O) groups excluding carboxylic acids is 1. The molecular weight excluding hydrogens is 316 g/mol. The molecule has 1 amide bonds. The average molecular weight is 341 g/mol. The molecule has 2 aliphatic carbocycles. The van der Waals surface area contributed by atoms with Crippen molar-refractivity contribution in [3.8, 4) is 5.75 Å². The first kappa shape index (κ1) is 18.0. The molecular formula is C17H25ClN2O3. The van der Waals surface area contributed by atoms with Gasteiger partial charge in [0.15, 0.2) is 0 Å². The lowest BCUT2D eigenvalue weighted by Gasteiger charge is -2.34. The van der Waals surface area contributed by atoms with Crippen LogP contribution in [-0.4, -0.2) is 39.2 Å². The molecule has 1 aromatic carbocycles. The molecule has 2 aliphatic rings. The third-order valence-electron chi connectivity index (χ3n) is 4.75. The predicted molar refractivity (Wildman–Crippen MR) is 90.3 cm³/mol. The van der Waals surface area contributed by atoms with Gasteiger partial charge in [-0.25, -0.2) is 0 Å². The van der Waals surface area contributed by atoms with Gasteiger partial charge in [-0.15, -0.1) is 12.4 Å². The summed E-state index contributed by atoms with van der Waals surface area (Å²) in [5, 5.41) is 19.3. The average Bonchev–Trinajstić information content (AvgIpc) is 3.32. The lowest BCUT2D eigenvalue weighted by atomic mass is 9.83. The topological polar surface area (TPSA) is 86.8 Å². The minimum atomic E-state index is -0.482. The number of rotatable bonds is 4. The van der Waals surface area contributed by atoms with Gasteiger partial charge in [0.2, 0.25) is 5.91 Å². The van der Waals surface area contributed by atoms with Gasteiger partial charge in [0.25, 0.3) is 0 Å². The number of phenols is 1. The molecule has 0 radical (unpaired) electrons. The van der Waals surface area contributed by atoms with Crippen LogP contribution in [0.5, 0.6) is 5.75 Å². The minimum Gasteiger partial charge on any atom is -0.508 e. The normalized spacial score (nSPS) is 27.1. The first-order valence-corrected chi connectivity index (χ1v) is 8.06. The molecule has 3 atom stereocenters. The van der Waals surface area contributed by atoms with Gasteiger partial charge in [-0.2, -0.15) is 0 Å². The molecule has 0 spiro atoms. The quantitative estimate of drug-likeness (QED) is 0.780. The van der Waals surface area contributed by atoms with Gasteiger partial charge in [0.05, 0.1) is 6.10 Å². The van der Waals surface area contributed by atoms with Crippen molar-refractivity contribution in [3.63, 3.8) is 0 Å². The molecule has 5 nitrogen and oxygen atoms in total. The number of aliphatic hydroxyl groups excluding tert-OH is 1. The van der Waals surface area contributed by atoms with Crippen molar-refractivity contribution in [1.29, 1.82) is 0 Å². The first-order chi connectivity index (χ1) is 10.5. The van der Waals surface area contributed by atoms with Crippen LogP contribution in [0, 0.1) is 5.92 Å². The van der Waals surface area contributed by atoms with Gasteiger partial charge < -0.3 is 20.8 Å². The van der Waals surface area contributed by atoms with E-state index in [4.69, 9.17) is 5.73 Å². The minimum absolute atomic E-state index is 0. The molecule has 0 heterocycles. The van der Waals surface area contributed by atoms with Gasteiger partial charge in [0, 0.05) is 24.5 Å². The fraction of sp³-hybridized carbons (Fsp3) is 0.588. The molecule has 6 heteroatoms. The van der Waals surface area contributed by atoms with Gasteiger partial charge in [0.1, 0.15) is 5.75 Å². The van der Waals surface area contributed by atoms with E-state index in [1.807, 2.05) is 11.0 Å². The van der Waals surface area contributed by atoms with E-state index in [0.29, 0.717) is 31.8 Å². The monoisotopic (exact) mass is 340 g/mol. The molecule has 23 heavy (non-hydrogen) atoms. The summed E-state index contributed by atoms with van der Waals surface area (Å²) in [7, 11) is 0. The van der Waals surface area contributed by atoms with E-state index in [0.717, 1.165) is 18.4 Å². The van der Waals surface area contributed by atoms with Crippen LogP contribution in [-0.2, 0) is 11.3 Å². The van der Waals surface area contributed by atoms with E-state index < -0.39 is 6.10 Å². The van der Waals surface area contributed by atoms with Crippen LogP contribution < -0.4 is 5.73 Å². The highest BCUT2D eigenvalue weighted by molar-refractivity contribution is 5.85. The molecule has 0 aliphatic heterocycles. The maximum absolute atomic E-state index is 12.8. The van der Waals surface area contributed by atoms with Crippen LogP contribution in [0.1, 0.15) is 37.7 Å². The Morgan fingerprint density at radius 3 is 2.61 bits per heavy atom. The van der Waals surface area contributed by atoms with Crippen molar-refractivity contribution in [2.45, 2.75) is 56.8 Å². The largest absolute Gasteiger partial charge is 0.508 e. The zero-order valence-electron chi connectivity index (χ0n) is 13.1. The lowest BCUT2D eigenvalue weighted by molar-refractivity contribution is -0.138. The van der Waals surface area contributed by atoms with E-state index in [1.54, 1.807) is 18.2 Å². The third kappa shape index (κ3) is 4.37. The van der Waals surface area contributed by atoms with E-state index in [-0.39, 0.29) is 36.0 Å². The summed E-state index contributed by atoms with van der Waals surface area (Å²) >= 11 is 0. The van der Waals surface area contributed by atoms with Crippen molar-refractivity contribution < 1.29 is 15.0 Å². The third-order valence-corrected chi connectivity index (χ3v) is 4.75. The van der Waals surface area contributed by atoms with Gasteiger partial charge in [-0.1, -0.05) is 12.1 Å². The van der Waals surface area contributed by atoms with E-state index >= 15 is 0 Å². The Hall–Kier alpha value is -1.30. The Morgan fingerprint density at radius 1 is 1.26 bits per heavy atom. The number of phenolic OH excluding ortho intramolecular Hbond substituents is 1. The number of benzene rings is 1. The summed E-state index contributed by atoms with van der Waals surface area (Å²) in [6.45, 7) is 0.534. The highest BCUT2D eigenvalue weighted by atomic mass is 35.5. The lowest BCUT2D eigenvalue weighted by Crippen LogP contribution is -2.46. The number of aromatic hydroxyl groups is 1. The molecule has 2 saturated carbocycles. The second-order valence-electron chi connectivity index (χ2n) is 6.61. The Balaban J connectivity index is 0.00000192. The molecule has 1 aromatic rings. The molecule has 0 bridgehead atoms. The number of hydrogen-bond acceptors (Lipinski definition) is 4. The summed E-state index contributed by atoms with van der Waals surface area (Å²) in [5.74, 6) is 0.285. The SMILES string of the molecule is Cl.N[C@@H]1C[C@@H](C(=O)N(Cc2cccc(O)c2)C2CC2)CC[C@H]1O.